The van der Waals surface area contributed by atoms with Crippen LogP contribution >= 0.6 is 0 Å². The molecule has 3 unspecified atom stereocenters. The Morgan fingerprint density at radius 2 is 0.545 bits per heavy atom. The molecule has 790 valence electrons. The molecule has 0 aromatic heterocycles. The molecule has 0 amide bonds. The van der Waals surface area contributed by atoms with Crippen molar-refractivity contribution in [3.63, 3.8) is 0 Å². The summed E-state index contributed by atoms with van der Waals surface area (Å²) in [5.74, 6) is -1.70. The number of carbonyl (C=O) groups excluding carboxylic acids is 6. The van der Waals surface area contributed by atoms with Gasteiger partial charge in [-0.1, -0.05) is 265 Å². The van der Waals surface area contributed by atoms with Crippen LogP contribution in [0.5, 0.6) is 0 Å². The van der Waals surface area contributed by atoms with Gasteiger partial charge >= 0.3 is 75.2 Å². The number of hydrogen-bond donors (Lipinski definition) is 0. The molecule has 7 aromatic carbocycles. The van der Waals surface area contributed by atoms with Gasteiger partial charge in [0.2, 0.25) is 25.0 Å². The summed E-state index contributed by atoms with van der Waals surface area (Å²) in [4.78, 5) is 75.4. The molecule has 0 bridgehead atoms. The standard InChI is InChI=1S/C40H52O6Si3.C27H48O7Si4.C22H34O3Si4.C16H32O6Si3.2CH4/c1-9-43-39(35-27-19-13-20-28-35,37(41)33-23-15-11-16-24-33)31-47(3,4)45-49(7,8)46-48(5,6)32-40(44-10-2,36-29-21-14-22-30-36)38(42)34-25-17-12-18-26-34;1-23(2)26(28)30-19-15-21-35(5,6)32-37(9,10)34-38(11,25-17-13-12-14-18-25)33-36(7,8)22-16-20-31-27(29)24(3)4;1-9-26(3,4)23-28(7,8)25-29(24-27(5,6)10-2,21-17-13-11-14-18-21)22-19-15-12-16-20-22;1-13(2)15(17)19-11-23(5,6)21-25(9,10)22-24(7,8)12-20-16(18)14(3)4;;/h11-30H,9-10,31-32H2,1-8H3;12-14,17-18H,1,3,15-16,19-22H2,2,4-11H3;9-20H,1-2H2,3-8H3;1,3,11-12H2,2,4-10H3;2*1H4. The van der Waals surface area contributed by atoms with Gasteiger partial charge in [0.15, 0.2) is 64.4 Å². The van der Waals surface area contributed by atoms with E-state index in [2.05, 4.69) is 200 Å². The number of carbonyl (C=O) groups is 6. The van der Waals surface area contributed by atoms with Gasteiger partial charge in [-0.05, 0) is 257 Å². The molecule has 0 heterocycles. The summed E-state index contributed by atoms with van der Waals surface area (Å²) in [5.41, 5.74) is 5.87. The first-order valence-electron chi connectivity index (χ1n) is 48.4. The first kappa shape index (κ1) is 132. The van der Waals surface area contributed by atoms with Crippen molar-refractivity contribution in [1.29, 1.82) is 0 Å². The van der Waals surface area contributed by atoms with Crippen molar-refractivity contribution in [2.45, 2.75) is 268 Å². The summed E-state index contributed by atoms with van der Waals surface area (Å²) >= 11 is 0. The molecule has 0 aliphatic heterocycles. The molecule has 0 aliphatic carbocycles. The van der Waals surface area contributed by atoms with Crippen LogP contribution in [0.1, 0.15) is 101 Å². The molecule has 7 aromatic rings. The van der Waals surface area contributed by atoms with Crippen molar-refractivity contribution in [3.05, 3.63) is 308 Å². The van der Waals surface area contributed by atoms with E-state index in [9.17, 15) is 28.8 Å². The van der Waals surface area contributed by atoms with Crippen LogP contribution < -0.4 is 15.6 Å². The lowest BCUT2D eigenvalue weighted by atomic mass is 9.87. The van der Waals surface area contributed by atoms with Crippen LogP contribution in [0.25, 0.3) is 0 Å². The molecule has 0 saturated heterocycles. The Bertz CT molecular complexity index is 5000. The van der Waals surface area contributed by atoms with Crippen LogP contribution in [0, 0.1) is 0 Å². The fraction of sp³-hybridized carbons (Fsp3) is 0.439. The minimum atomic E-state index is -3.04. The van der Waals surface area contributed by atoms with Crippen LogP contribution in [-0.2, 0) is 100.0 Å². The molecule has 0 saturated carbocycles. The summed E-state index contributed by atoms with van der Waals surface area (Å²) in [5, 5.41) is 3.26. The Labute approximate surface area is 875 Å². The zero-order valence-corrected chi connectivity index (χ0v) is 105. The average molecular weight is 2210 g/mol. The molecule has 36 heteroatoms. The summed E-state index contributed by atoms with van der Waals surface area (Å²) in [6.07, 6.45) is 1.95. The topological polar surface area (TPSA) is 250 Å². The van der Waals surface area contributed by atoms with Crippen molar-refractivity contribution in [2.75, 3.05) is 38.9 Å². The van der Waals surface area contributed by atoms with Gasteiger partial charge in [0.25, 0.3) is 0 Å². The summed E-state index contributed by atoms with van der Waals surface area (Å²) in [6.45, 7) is 86.6. The molecule has 0 spiro atoms. The molecule has 143 heavy (non-hydrogen) atoms. The molecule has 0 radical (unpaired) electrons. The largest absolute Gasteiger partial charge is 0.463 e. The second-order valence-corrected chi connectivity index (χ2v) is 97.1. The van der Waals surface area contributed by atoms with E-state index in [0.717, 1.165) is 51.6 Å². The number of ether oxygens (including phenoxy) is 6. The van der Waals surface area contributed by atoms with Gasteiger partial charge in [-0.15, -0.1) is 13.2 Å². The van der Waals surface area contributed by atoms with Crippen LogP contribution in [0.3, 0.4) is 0 Å². The van der Waals surface area contributed by atoms with Crippen molar-refractivity contribution in [2.24, 2.45) is 0 Å². The Morgan fingerprint density at radius 1 is 0.294 bits per heavy atom. The predicted molar refractivity (Wildman–Crippen MR) is 623 cm³/mol. The molecule has 7 rings (SSSR count). The van der Waals surface area contributed by atoms with Gasteiger partial charge in [-0.3, -0.25) is 9.59 Å². The van der Waals surface area contributed by atoms with Crippen LogP contribution in [0.2, 0.25) is 188 Å². The quantitative estimate of drug-likeness (QED) is 0.00858. The van der Waals surface area contributed by atoms with Gasteiger partial charge in [0.1, 0.15) is 12.5 Å². The maximum absolute atomic E-state index is 14.4. The van der Waals surface area contributed by atoms with Crippen LogP contribution in [0.4, 0.5) is 0 Å². The van der Waals surface area contributed by atoms with Gasteiger partial charge in [0.05, 0.1) is 13.2 Å². The van der Waals surface area contributed by atoms with E-state index < -0.39 is 141 Å². The summed E-state index contributed by atoms with van der Waals surface area (Å²) in [6, 6.07) is 71.7. The monoisotopic (exact) mass is 2200 g/mol. The maximum atomic E-state index is 14.4. The highest BCUT2D eigenvalue weighted by Crippen LogP contribution is 2.44. The minimum absolute atomic E-state index is 0. The maximum Gasteiger partial charge on any atom is 0.388 e. The normalized spacial score (nSPS) is 13.6. The van der Waals surface area contributed by atoms with E-state index in [1.165, 1.54) is 0 Å². The Hall–Kier alpha value is -7.24. The van der Waals surface area contributed by atoms with E-state index in [1.54, 1.807) is 27.7 Å². The Kier molecular flexibility index (Phi) is 53.0. The van der Waals surface area contributed by atoms with Crippen LogP contribution in [-0.4, -0.2) is 192 Å². The zero-order valence-electron chi connectivity index (χ0n) is 90.6. The van der Waals surface area contributed by atoms with Crippen molar-refractivity contribution < 1.29 is 98.3 Å². The van der Waals surface area contributed by atoms with Gasteiger partial charge < -0.3 is 69.6 Å². The third-order valence-corrected chi connectivity index (χ3v) is 73.3. The van der Waals surface area contributed by atoms with E-state index in [0.29, 0.717) is 71.9 Å². The lowest BCUT2D eigenvalue weighted by Gasteiger charge is -2.44. The number of benzene rings is 7. The van der Waals surface area contributed by atoms with E-state index >= 15 is 0 Å². The average Bonchev–Trinajstić information content (AvgIpc) is 0.753. The lowest BCUT2D eigenvalue weighted by Crippen LogP contribution is -2.71. The van der Waals surface area contributed by atoms with Crippen molar-refractivity contribution in [3.8, 4) is 0 Å². The third-order valence-electron chi connectivity index (χ3n) is 21.6. The van der Waals surface area contributed by atoms with Crippen LogP contribution in [0.15, 0.2) is 285 Å². The Morgan fingerprint density at radius 3 is 0.846 bits per heavy atom. The number of Topliss-reactive ketones (excluding diaryl/α,β-unsaturated/α-hetero) is 2. The number of rotatable bonds is 55. The Balaban J connectivity index is 0.000000663. The van der Waals surface area contributed by atoms with Crippen molar-refractivity contribution in [1.82, 2.24) is 0 Å². The van der Waals surface area contributed by atoms with Gasteiger partial charge in [-0.25, -0.2) is 19.2 Å². The van der Waals surface area contributed by atoms with E-state index in [4.69, 9.17) is 69.6 Å². The molecule has 22 nitrogen and oxygen atoms in total. The number of esters is 4. The molecular formula is C107H174O22Si14. The molecule has 0 fully saturated rings. The van der Waals surface area contributed by atoms with E-state index in [-0.39, 0.29) is 50.8 Å². The fourth-order valence-electron chi connectivity index (χ4n) is 16.8. The first-order chi connectivity index (χ1) is 65.1. The smallest absolute Gasteiger partial charge is 0.388 e. The van der Waals surface area contributed by atoms with Gasteiger partial charge in [-0.2, -0.15) is 0 Å². The second kappa shape index (κ2) is 57.5. The number of hydrogen-bond acceptors (Lipinski definition) is 22. The van der Waals surface area contributed by atoms with Crippen molar-refractivity contribution >= 4 is 169 Å². The molecule has 0 N–H and O–H groups in total. The minimum Gasteiger partial charge on any atom is -0.463 e. The SMILES string of the molecule is C.C.C=C(C)C(=O)OCCC[Si](C)(C)O[Si](C)(C)O[Si](C)(O[Si](C)(C)CCCOC(=O)C(=C)C)c1ccccc1.C=C(C)C(=O)OC[Si](C)(C)O[Si](C)(C)O[Si](C)(C)COC(=O)C(=C)C.C=C[Si](C)(C)O[Si](C)(C)O[Si](O[Si](C)(C)C=C)(c1ccccc1)c1ccccc1.CCOC(C[Si](C)(C)O[Si](C)(C)O[Si](C)(C)CC(OCC)(C(=O)c1ccccc1)c1ccccc1)(C(=O)c1ccccc1)c1ccccc1. The highest BCUT2D eigenvalue weighted by atomic mass is 28.5. The summed E-state index contributed by atoms with van der Waals surface area (Å²) < 4.78 is 102. The predicted octanol–water partition coefficient (Wildman–Crippen LogP) is 25.5. The lowest BCUT2D eigenvalue weighted by molar-refractivity contribution is -0.139. The molecule has 3 atom stereocenters. The third kappa shape index (κ3) is 45.4. The highest BCUT2D eigenvalue weighted by molar-refractivity contribution is 7.03. The molecule has 0 aliphatic rings. The number of ketones is 2. The fourth-order valence-corrected chi connectivity index (χ4v) is 79.4. The zero-order chi connectivity index (χ0) is 107. The summed E-state index contributed by atoms with van der Waals surface area (Å²) in [7, 11) is -34.8. The first-order valence-corrected chi connectivity index (χ1v) is 88.5. The highest BCUT2D eigenvalue weighted by Gasteiger charge is 2.56. The van der Waals surface area contributed by atoms with E-state index in [1.807, 2.05) is 240 Å². The second-order valence-electron chi connectivity index (χ2n) is 42.2. The molecular weight excluding hydrogens is 2030 g/mol. The van der Waals surface area contributed by atoms with Gasteiger partial charge in [0, 0.05) is 58.7 Å².